The molecule has 7 rings (SSSR count). The van der Waals surface area contributed by atoms with Crippen molar-refractivity contribution in [1.82, 2.24) is 4.98 Å². The summed E-state index contributed by atoms with van der Waals surface area (Å²) >= 11 is 0. The molecule has 0 amide bonds. The lowest BCUT2D eigenvalue weighted by molar-refractivity contribution is -0.385. The Balaban J connectivity index is 1.65. The highest BCUT2D eigenvalue weighted by Crippen LogP contribution is 2.70. The molecular formula is C48H51NO18. The Labute approximate surface area is 384 Å². The second-order valence-electron chi connectivity index (χ2n) is 17.7. The van der Waals surface area contributed by atoms with Crippen LogP contribution < -0.4 is 0 Å². The highest BCUT2D eigenvalue weighted by molar-refractivity contribution is 5.92. The first-order chi connectivity index (χ1) is 31.6. The molecule has 2 aromatic carbocycles. The molecule has 1 N–H and O–H groups in total. The maximum atomic E-state index is 14.8. The van der Waals surface area contributed by atoms with E-state index in [-0.39, 0.29) is 22.4 Å². The number of fused-ring (bicyclic) bond motifs is 5. The van der Waals surface area contributed by atoms with Gasteiger partial charge in [-0.15, -0.1) is 0 Å². The van der Waals surface area contributed by atoms with E-state index in [1.807, 2.05) is 0 Å². The number of pyridine rings is 1. The number of aliphatic hydroxyl groups is 1. The number of benzene rings is 2. The number of cyclic esters (lactones) is 1. The van der Waals surface area contributed by atoms with Crippen molar-refractivity contribution in [3.63, 3.8) is 0 Å². The standard InChI is InChI=1S/C48H51NO18/c1-24-25(2)41(54)65-38-36(62-28(5)52)40(66-43(56)31-18-13-10-14-19-31)47(23-59-26(3)50)39(63-29(6)53)35(61-27(4)51)33-37(64-42(55)30-16-11-9-12-17-30)48(47,46(38,8)58)67-45(33,7)22-60-44(57)32-20-15-21-49-34(24)32/h9-21,24-25,33,35-40,58H,22-23H2,1-8H3/t24-,25-,33+,35+,36-,37+,38-,39+,40+,45-,46-,47+,48-/m0/s1. The maximum Gasteiger partial charge on any atom is 0.340 e. The largest absolute Gasteiger partial charge is 0.465 e. The van der Waals surface area contributed by atoms with Crippen LogP contribution in [0.2, 0.25) is 0 Å². The van der Waals surface area contributed by atoms with Gasteiger partial charge in [0.1, 0.15) is 42.0 Å². The van der Waals surface area contributed by atoms with Crippen LogP contribution in [0.25, 0.3) is 0 Å². The number of carbonyl (C=O) groups is 8. The van der Waals surface area contributed by atoms with Gasteiger partial charge in [0.25, 0.3) is 0 Å². The SMILES string of the molecule is CC(=O)OC[C@]12[C@H](OC(C)=O)[C@H](OC(C)=O)[C@@H]3[C@@H](OC(=O)c4ccccc4)[C@@]14O[C@@]3(C)COC(=O)c1cccnc1[C@@H](C)[C@H](C)C(=O)O[C@@H]([C@H](OC(C)=O)[C@H]2OC(=O)c1ccccc1)[C@]4(C)O. The third kappa shape index (κ3) is 8.17. The lowest BCUT2D eigenvalue weighted by Crippen LogP contribution is -2.89. The zero-order valence-electron chi connectivity index (χ0n) is 38.0. The van der Waals surface area contributed by atoms with Gasteiger partial charge in [-0.1, -0.05) is 50.2 Å². The third-order valence-corrected chi connectivity index (χ3v) is 13.3. The fourth-order valence-corrected chi connectivity index (χ4v) is 10.4. The van der Waals surface area contributed by atoms with Crippen LogP contribution in [0.4, 0.5) is 0 Å². The van der Waals surface area contributed by atoms with Crippen LogP contribution >= 0.6 is 0 Å². The summed E-state index contributed by atoms with van der Waals surface area (Å²) in [7, 11) is 0. The quantitative estimate of drug-likeness (QED) is 0.238. The minimum Gasteiger partial charge on any atom is -0.465 e. The molecule has 2 aliphatic heterocycles. The van der Waals surface area contributed by atoms with Gasteiger partial charge in [-0.3, -0.25) is 29.0 Å². The van der Waals surface area contributed by atoms with Crippen molar-refractivity contribution in [2.75, 3.05) is 13.2 Å². The van der Waals surface area contributed by atoms with Crippen molar-refractivity contribution in [2.45, 2.75) is 115 Å². The van der Waals surface area contributed by atoms with Gasteiger partial charge in [0, 0.05) is 39.8 Å². The summed E-state index contributed by atoms with van der Waals surface area (Å²) in [4.78, 5) is 116. The molecule has 0 radical (unpaired) electrons. The van der Waals surface area contributed by atoms with Crippen LogP contribution in [0.1, 0.15) is 98.1 Å². The molecule has 0 unspecified atom stereocenters. The molecular weight excluding hydrogens is 879 g/mol. The Morgan fingerprint density at radius 3 is 1.78 bits per heavy atom. The second-order valence-corrected chi connectivity index (χ2v) is 17.7. The number of ether oxygens (including phenoxy) is 9. The molecule has 19 heteroatoms. The molecule has 356 valence electrons. The fraction of sp³-hybridized carbons (Fsp3) is 0.479. The molecule has 3 aromatic rings. The van der Waals surface area contributed by atoms with E-state index in [0.29, 0.717) is 0 Å². The number of nitrogens with zero attached hydrogens (tertiary/aromatic N) is 1. The summed E-state index contributed by atoms with van der Waals surface area (Å²) in [6.07, 6.45) is -11.1. The van der Waals surface area contributed by atoms with E-state index >= 15 is 0 Å². The smallest absolute Gasteiger partial charge is 0.340 e. The zero-order valence-corrected chi connectivity index (χ0v) is 38.0. The minimum atomic E-state index is -2.91. The van der Waals surface area contributed by atoms with Crippen molar-refractivity contribution in [2.24, 2.45) is 17.3 Å². The first kappa shape index (κ1) is 48.2. The highest BCUT2D eigenvalue weighted by atomic mass is 16.7. The minimum absolute atomic E-state index is 0.0377. The van der Waals surface area contributed by atoms with Crippen molar-refractivity contribution in [3.8, 4) is 0 Å². The molecule has 1 spiro atoms. The van der Waals surface area contributed by atoms with Crippen molar-refractivity contribution < 1.29 is 86.1 Å². The Morgan fingerprint density at radius 1 is 0.687 bits per heavy atom. The van der Waals surface area contributed by atoms with Gasteiger partial charge in [0.05, 0.1) is 34.2 Å². The van der Waals surface area contributed by atoms with Gasteiger partial charge in [0.2, 0.25) is 0 Å². The van der Waals surface area contributed by atoms with Crippen molar-refractivity contribution in [1.29, 1.82) is 0 Å². The average Bonchev–Trinajstić information content (AvgIpc) is 3.51. The lowest BCUT2D eigenvalue weighted by atomic mass is 9.45. The van der Waals surface area contributed by atoms with E-state index in [1.165, 1.54) is 68.6 Å². The summed E-state index contributed by atoms with van der Waals surface area (Å²) in [6.45, 7) is 7.66. The van der Waals surface area contributed by atoms with E-state index in [1.54, 1.807) is 31.2 Å². The fourth-order valence-electron chi connectivity index (χ4n) is 10.4. The number of rotatable bonds is 9. The number of aromatic nitrogens is 1. The van der Waals surface area contributed by atoms with Crippen LogP contribution in [-0.2, 0) is 66.6 Å². The lowest BCUT2D eigenvalue weighted by Gasteiger charge is -2.67. The average molecular weight is 930 g/mol. The molecule has 3 fully saturated rings. The predicted molar refractivity (Wildman–Crippen MR) is 225 cm³/mol. The number of hydrogen-bond acceptors (Lipinski definition) is 19. The van der Waals surface area contributed by atoms with Crippen LogP contribution in [0.15, 0.2) is 79.0 Å². The molecule has 3 heterocycles. The van der Waals surface area contributed by atoms with Crippen LogP contribution in [0.5, 0.6) is 0 Å². The Hall–Kier alpha value is -6.73. The van der Waals surface area contributed by atoms with Crippen LogP contribution in [0.3, 0.4) is 0 Å². The normalized spacial score (nSPS) is 34.1. The van der Waals surface area contributed by atoms with E-state index < -0.39 is 138 Å². The molecule has 2 aliphatic carbocycles. The summed E-state index contributed by atoms with van der Waals surface area (Å²) in [5, 5.41) is 13.9. The number of carbonyl (C=O) groups excluding carboxylic acids is 8. The highest BCUT2D eigenvalue weighted by Gasteiger charge is 2.92. The first-order valence-electron chi connectivity index (χ1n) is 21.5. The van der Waals surface area contributed by atoms with Crippen molar-refractivity contribution in [3.05, 3.63) is 101 Å². The van der Waals surface area contributed by atoms with Crippen molar-refractivity contribution >= 4 is 47.8 Å². The Kier molecular flexibility index (Phi) is 13.1. The summed E-state index contributed by atoms with van der Waals surface area (Å²) in [5.74, 6) is -12.1. The molecule has 67 heavy (non-hydrogen) atoms. The summed E-state index contributed by atoms with van der Waals surface area (Å²) < 4.78 is 56.6. The Bertz CT molecular complexity index is 2460. The second kappa shape index (κ2) is 18.2. The van der Waals surface area contributed by atoms with Gasteiger partial charge >= 0.3 is 47.8 Å². The van der Waals surface area contributed by atoms with Gasteiger partial charge in [-0.05, 0) is 50.2 Å². The monoisotopic (exact) mass is 929 g/mol. The molecule has 2 saturated carbocycles. The van der Waals surface area contributed by atoms with Gasteiger partial charge in [-0.25, -0.2) is 14.4 Å². The number of esters is 8. The summed E-state index contributed by atoms with van der Waals surface area (Å²) in [5.41, 5.74) is -10.7. The molecule has 13 atom stereocenters. The van der Waals surface area contributed by atoms with Crippen LogP contribution in [-0.4, -0.2) is 124 Å². The van der Waals surface area contributed by atoms with E-state index in [4.69, 9.17) is 42.6 Å². The molecule has 1 aromatic heterocycles. The maximum absolute atomic E-state index is 14.8. The predicted octanol–water partition coefficient (Wildman–Crippen LogP) is 3.62. The molecule has 4 aliphatic rings. The molecule has 4 bridgehead atoms. The van der Waals surface area contributed by atoms with Gasteiger partial charge < -0.3 is 47.7 Å². The van der Waals surface area contributed by atoms with Crippen LogP contribution in [0, 0.1) is 17.3 Å². The Morgan fingerprint density at radius 2 is 1.22 bits per heavy atom. The van der Waals surface area contributed by atoms with E-state index in [0.717, 1.165) is 34.6 Å². The molecule has 1 saturated heterocycles. The molecule has 19 nitrogen and oxygen atoms in total. The van der Waals surface area contributed by atoms with E-state index in [9.17, 15) is 43.5 Å². The topological polar surface area (TPSA) is 253 Å². The third-order valence-electron chi connectivity index (χ3n) is 13.3. The first-order valence-corrected chi connectivity index (χ1v) is 21.5. The van der Waals surface area contributed by atoms with Gasteiger partial charge in [-0.2, -0.15) is 0 Å². The summed E-state index contributed by atoms with van der Waals surface area (Å²) in [6, 6.07) is 17.8. The van der Waals surface area contributed by atoms with Gasteiger partial charge in [0.15, 0.2) is 30.0 Å². The van der Waals surface area contributed by atoms with E-state index in [2.05, 4.69) is 4.98 Å². The zero-order chi connectivity index (χ0) is 48.8. The number of hydrogen-bond donors (Lipinski definition) is 1.